The highest BCUT2D eigenvalue weighted by molar-refractivity contribution is 5.94. The highest BCUT2D eigenvalue weighted by Crippen LogP contribution is 2.17. The van der Waals surface area contributed by atoms with Crippen LogP contribution in [-0.4, -0.2) is 34.8 Å². The lowest BCUT2D eigenvalue weighted by atomic mass is 10.1. The van der Waals surface area contributed by atoms with E-state index in [4.69, 9.17) is 9.47 Å². The Morgan fingerprint density at radius 2 is 2.07 bits per heavy atom. The van der Waals surface area contributed by atoms with Gasteiger partial charge in [0.25, 0.3) is 5.91 Å². The average Bonchev–Trinajstić information content (AvgIpc) is 3.46. The summed E-state index contributed by atoms with van der Waals surface area (Å²) >= 11 is 0. The van der Waals surface area contributed by atoms with Crippen molar-refractivity contribution in [1.82, 2.24) is 14.9 Å². The summed E-state index contributed by atoms with van der Waals surface area (Å²) in [5.41, 5.74) is 2.83. The van der Waals surface area contributed by atoms with Gasteiger partial charge in [-0.25, -0.2) is 4.98 Å². The van der Waals surface area contributed by atoms with E-state index in [1.54, 1.807) is 24.7 Å². The topological polar surface area (TPSA) is 65.4 Å². The van der Waals surface area contributed by atoms with Crippen molar-refractivity contribution < 1.29 is 14.3 Å². The molecule has 1 N–H and O–H groups in total. The van der Waals surface area contributed by atoms with Gasteiger partial charge in [0.05, 0.1) is 12.4 Å². The quantitative estimate of drug-likeness (QED) is 0.639. The van der Waals surface area contributed by atoms with Crippen molar-refractivity contribution in [3.63, 3.8) is 0 Å². The van der Waals surface area contributed by atoms with Gasteiger partial charge in [-0.3, -0.25) is 4.79 Å². The van der Waals surface area contributed by atoms with Crippen molar-refractivity contribution in [2.45, 2.75) is 32.0 Å². The molecule has 0 radical (unpaired) electrons. The number of imidazole rings is 1. The van der Waals surface area contributed by atoms with Crippen LogP contribution in [0.1, 0.15) is 34.3 Å². The van der Waals surface area contributed by atoms with Gasteiger partial charge in [-0.1, -0.05) is 30.3 Å². The number of nitrogens with zero attached hydrogens (tertiary/aromatic N) is 2. The third kappa shape index (κ3) is 5.45. The monoisotopic (exact) mass is 391 g/mol. The minimum atomic E-state index is -0.116. The summed E-state index contributed by atoms with van der Waals surface area (Å²) in [6, 6.07) is 15.5. The first-order chi connectivity index (χ1) is 14.3. The van der Waals surface area contributed by atoms with Crippen molar-refractivity contribution in [3.05, 3.63) is 83.9 Å². The Labute approximate surface area is 170 Å². The second-order valence-electron chi connectivity index (χ2n) is 7.21. The van der Waals surface area contributed by atoms with Gasteiger partial charge in [-0.2, -0.15) is 0 Å². The maximum Gasteiger partial charge on any atom is 0.251 e. The number of benzene rings is 2. The van der Waals surface area contributed by atoms with Crippen LogP contribution in [0.4, 0.5) is 0 Å². The van der Waals surface area contributed by atoms with Crippen LogP contribution in [0.3, 0.4) is 0 Å². The van der Waals surface area contributed by atoms with Gasteiger partial charge in [0.2, 0.25) is 0 Å². The lowest BCUT2D eigenvalue weighted by molar-refractivity contribution is 0.0679. The van der Waals surface area contributed by atoms with Crippen LogP contribution in [0.2, 0.25) is 0 Å². The van der Waals surface area contributed by atoms with Crippen LogP contribution in [0.5, 0.6) is 5.75 Å². The number of carbonyl (C=O) groups is 1. The molecule has 1 aliphatic heterocycles. The third-order valence-corrected chi connectivity index (χ3v) is 4.96. The Kier molecular flexibility index (Phi) is 6.22. The zero-order valence-corrected chi connectivity index (χ0v) is 16.3. The van der Waals surface area contributed by atoms with E-state index >= 15 is 0 Å². The van der Waals surface area contributed by atoms with Crippen molar-refractivity contribution in [1.29, 1.82) is 0 Å². The Balaban J connectivity index is 1.28. The zero-order valence-electron chi connectivity index (χ0n) is 16.3. The maximum absolute atomic E-state index is 12.5. The molecular formula is C23H25N3O3. The molecule has 29 heavy (non-hydrogen) atoms. The Hall–Kier alpha value is -3.12. The van der Waals surface area contributed by atoms with Crippen LogP contribution in [0.15, 0.2) is 67.3 Å². The van der Waals surface area contributed by atoms with Crippen LogP contribution < -0.4 is 10.1 Å². The molecule has 0 aliphatic carbocycles. The average molecular weight is 391 g/mol. The molecule has 1 amide bonds. The number of hydrogen-bond acceptors (Lipinski definition) is 4. The smallest absolute Gasteiger partial charge is 0.251 e. The van der Waals surface area contributed by atoms with Crippen molar-refractivity contribution in [2.24, 2.45) is 0 Å². The van der Waals surface area contributed by atoms with Crippen LogP contribution in [0.25, 0.3) is 0 Å². The number of carbonyl (C=O) groups excluding carboxylic acids is 1. The molecule has 0 saturated carbocycles. The Morgan fingerprint density at radius 1 is 1.21 bits per heavy atom. The molecule has 150 valence electrons. The van der Waals surface area contributed by atoms with Crippen molar-refractivity contribution >= 4 is 5.91 Å². The van der Waals surface area contributed by atoms with Gasteiger partial charge in [0.15, 0.2) is 0 Å². The normalized spacial score (nSPS) is 15.9. The fraction of sp³-hybridized carbons (Fsp3) is 0.304. The molecule has 1 atom stereocenters. The largest absolute Gasteiger partial charge is 0.491 e. The van der Waals surface area contributed by atoms with Gasteiger partial charge in [-0.05, 0) is 42.2 Å². The Bertz CT molecular complexity index is 917. The molecular weight excluding hydrogens is 366 g/mol. The number of hydrogen-bond donors (Lipinski definition) is 1. The van der Waals surface area contributed by atoms with E-state index in [0.29, 0.717) is 24.5 Å². The molecule has 6 heteroatoms. The summed E-state index contributed by atoms with van der Waals surface area (Å²) in [4.78, 5) is 16.6. The van der Waals surface area contributed by atoms with Crippen LogP contribution >= 0.6 is 0 Å². The molecule has 6 nitrogen and oxygen atoms in total. The highest BCUT2D eigenvalue weighted by atomic mass is 16.5. The molecule has 0 spiro atoms. The SMILES string of the molecule is O=C(NCc1ccc(Cn2ccnc2)cc1)c1cccc(OCC2CCCO2)c1. The molecule has 1 aromatic heterocycles. The highest BCUT2D eigenvalue weighted by Gasteiger charge is 2.16. The molecule has 1 unspecified atom stereocenters. The molecule has 3 aromatic rings. The fourth-order valence-corrected chi connectivity index (χ4v) is 3.33. The summed E-state index contributed by atoms with van der Waals surface area (Å²) in [7, 11) is 0. The van der Waals surface area contributed by atoms with E-state index < -0.39 is 0 Å². The molecule has 1 aliphatic rings. The molecule has 2 aromatic carbocycles. The van der Waals surface area contributed by atoms with Gasteiger partial charge in [0.1, 0.15) is 12.4 Å². The molecule has 2 heterocycles. The molecule has 1 saturated heterocycles. The van der Waals surface area contributed by atoms with Crippen molar-refractivity contribution in [3.8, 4) is 5.75 Å². The summed E-state index contributed by atoms with van der Waals surface area (Å²) in [6.45, 7) is 2.59. The first-order valence-electron chi connectivity index (χ1n) is 9.92. The van der Waals surface area contributed by atoms with E-state index in [0.717, 1.165) is 31.6 Å². The minimum Gasteiger partial charge on any atom is -0.491 e. The maximum atomic E-state index is 12.5. The number of amides is 1. The number of ether oxygens (including phenoxy) is 2. The summed E-state index contributed by atoms with van der Waals surface area (Å²) in [5, 5.41) is 2.97. The van der Waals surface area contributed by atoms with E-state index in [1.165, 1.54) is 5.56 Å². The fourth-order valence-electron chi connectivity index (χ4n) is 3.33. The van der Waals surface area contributed by atoms with E-state index in [9.17, 15) is 4.79 Å². The predicted octanol–water partition coefficient (Wildman–Crippen LogP) is 3.42. The van der Waals surface area contributed by atoms with Crippen LogP contribution in [-0.2, 0) is 17.8 Å². The first kappa shape index (κ1) is 19.2. The standard InChI is InChI=1S/C23H25N3O3/c27-23(20-3-1-4-21(13-20)29-16-22-5-2-12-28-22)25-14-18-6-8-19(9-7-18)15-26-11-10-24-17-26/h1,3-4,6-11,13,17,22H,2,5,12,14-16H2,(H,25,27). The minimum absolute atomic E-state index is 0.116. The van der Waals surface area contributed by atoms with Gasteiger partial charge >= 0.3 is 0 Å². The first-order valence-corrected chi connectivity index (χ1v) is 9.92. The summed E-state index contributed by atoms with van der Waals surface area (Å²) < 4.78 is 13.4. The van der Waals surface area contributed by atoms with E-state index in [-0.39, 0.29) is 12.0 Å². The zero-order chi connectivity index (χ0) is 19.9. The number of nitrogens with one attached hydrogen (secondary N) is 1. The third-order valence-electron chi connectivity index (χ3n) is 4.96. The summed E-state index contributed by atoms with van der Waals surface area (Å²) in [6.07, 6.45) is 7.78. The second-order valence-corrected chi connectivity index (χ2v) is 7.21. The van der Waals surface area contributed by atoms with Crippen molar-refractivity contribution in [2.75, 3.05) is 13.2 Å². The van der Waals surface area contributed by atoms with E-state index in [2.05, 4.69) is 22.4 Å². The van der Waals surface area contributed by atoms with Gasteiger partial charge in [-0.15, -0.1) is 0 Å². The summed E-state index contributed by atoms with van der Waals surface area (Å²) in [5.74, 6) is 0.576. The number of rotatable bonds is 8. The van der Waals surface area contributed by atoms with Crippen LogP contribution in [0, 0.1) is 0 Å². The Morgan fingerprint density at radius 3 is 2.83 bits per heavy atom. The second kappa shape index (κ2) is 9.39. The van der Waals surface area contributed by atoms with Gasteiger partial charge < -0.3 is 19.4 Å². The molecule has 4 rings (SSSR count). The molecule has 0 bridgehead atoms. The lowest BCUT2D eigenvalue weighted by Crippen LogP contribution is -2.23. The lowest BCUT2D eigenvalue weighted by Gasteiger charge is -2.12. The van der Waals surface area contributed by atoms with E-state index in [1.807, 2.05) is 35.0 Å². The predicted molar refractivity (Wildman–Crippen MR) is 110 cm³/mol. The molecule has 1 fully saturated rings. The van der Waals surface area contributed by atoms with Gasteiger partial charge in [0, 0.05) is 37.7 Å². The number of aromatic nitrogens is 2.